The van der Waals surface area contributed by atoms with Crippen LogP contribution in [0.3, 0.4) is 0 Å². The zero-order valence-corrected chi connectivity index (χ0v) is 14.5. The first-order valence-electron chi connectivity index (χ1n) is 8.58. The molecule has 0 spiro atoms. The predicted molar refractivity (Wildman–Crippen MR) is 98.1 cm³/mol. The van der Waals surface area contributed by atoms with Crippen LogP contribution in [0.2, 0.25) is 0 Å². The van der Waals surface area contributed by atoms with Gasteiger partial charge in [0.05, 0.1) is 12.2 Å². The molecule has 134 valence electrons. The molecule has 2 amide bonds. The largest absolute Gasteiger partial charge is 0.462 e. The van der Waals surface area contributed by atoms with Crippen LogP contribution in [0.15, 0.2) is 48.5 Å². The van der Waals surface area contributed by atoms with Crippen molar-refractivity contribution in [3.05, 3.63) is 59.7 Å². The van der Waals surface area contributed by atoms with Gasteiger partial charge in [-0.2, -0.15) is 0 Å². The Bertz CT molecular complexity index is 830. The van der Waals surface area contributed by atoms with Gasteiger partial charge in [-0.3, -0.25) is 9.59 Å². The van der Waals surface area contributed by atoms with E-state index in [9.17, 15) is 14.4 Å². The van der Waals surface area contributed by atoms with Crippen molar-refractivity contribution < 1.29 is 19.1 Å². The van der Waals surface area contributed by atoms with Crippen LogP contribution in [0.1, 0.15) is 29.3 Å². The topological polar surface area (TPSA) is 75.7 Å². The van der Waals surface area contributed by atoms with E-state index in [-0.39, 0.29) is 0 Å². The Morgan fingerprint density at radius 1 is 1.08 bits per heavy atom. The highest BCUT2D eigenvalue weighted by Gasteiger charge is 2.27. The Kier molecular flexibility index (Phi) is 5.31. The summed E-state index contributed by atoms with van der Waals surface area (Å²) in [5.74, 6) is -1.72. The summed E-state index contributed by atoms with van der Waals surface area (Å²) >= 11 is 0. The number of hydrogen-bond donors (Lipinski definition) is 1. The zero-order valence-electron chi connectivity index (χ0n) is 14.5. The molecule has 26 heavy (non-hydrogen) atoms. The Balaban J connectivity index is 1.69. The number of nitrogens with one attached hydrogen (secondary N) is 1. The van der Waals surface area contributed by atoms with Gasteiger partial charge in [-0.25, -0.2) is 4.79 Å². The molecular weight excluding hydrogens is 332 g/mol. The third-order valence-electron chi connectivity index (χ3n) is 4.20. The highest BCUT2D eigenvalue weighted by atomic mass is 16.5. The number of nitrogens with zero attached hydrogens (tertiary/aromatic N) is 1. The summed E-state index contributed by atoms with van der Waals surface area (Å²) in [6.45, 7) is 2.55. The predicted octanol–water partition coefficient (Wildman–Crippen LogP) is 2.78. The first-order valence-corrected chi connectivity index (χ1v) is 8.58. The summed E-state index contributed by atoms with van der Waals surface area (Å²) in [7, 11) is 0. The molecule has 0 fully saturated rings. The molecule has 0 radical (unpaired) electrons. The molecule has 6 nitrogen and oxygen atoms in total. The molecule has 2 aromatic rings. The second-order valence-corrected chi connectivity index (χ2v) is 5.94. The van der Waals surface area contributed by atoms with Gasteiger partial charge in [0, 0.05) is 17.9 Å². The molecule has 0 saturated carbocycles. The minimum absolute atomic E-state index is 0.295. The Morgan fingerprint density at radius 3 is 2.54 bits per heavy atom. The molecule has 0 bridgehead atoms. The van der Waals surface area contributed by atoms with Crippen LogP contribution in [0.4, 0.5) is 11.4 Å². The van der Waals surface area contributed by atoms with Gasteiger partial charge in [0.25, 0.3) is 0 Å². The molecule has 0 unspecified atom stereocenters. The van der Waals surface area contributed by atoms with E-state index in [0.717, 1.165) is 24.1 Å². The van der Waals surface area contributed by atoms with Gasteiger partial charge >= 0.3 is 17.8 Å². The average molecular weight is 352 g/mol. The molecule has 0 saturated heterocycles. The van der Waals surface area contributed by atoms with E-state index in [2.05, 4.69) is 5.32 Å². The van der Waals surface area contributed by atoms with Crippen LogP contribution < -0.4 is 10.2 Å². The minimum atomic E-state index is -0.703. The van der Waals surface area contributed by atoms with E-state index in [1.807, 2.05) is 24.3 Å². The number of carbonyl (C=O) groups excluding carboxylic acids is 3. The van der Waals surface area contributed by atoms with Gasteiger partial charge in [0.15, 0.2) is 0 Å². The number of esters is 1. The van der Waals surface area contributed by atoms with Gasteiger partial charge in [0.2, 0.25) is 0 Å². The summed E-state index contributed by atoms with van der Waals surface area (Å²) in [5.41, 5.74) is 2.69. The number of fused-ring (bicyclic) bond motifs is 1. The first-order chi connectivity index (χ1) is 12.6. The minimum Gasteiger partial charge on any atom is -0.462 e. The van der Waals surface area contributed by atoms with Gasteiger partial charge in [-0.15, -0.1) is 0 Å². The van der Waals surface area contributed by atoms with Crippen LogP contribution in [-0.4, -0.2) is 30.9 Å². The molecule has 1 aliphatic heterocycles. The fraction of sp³-hybridized carbons (Fsp3) is 0.250. The van der Waals surface area contributed by atoms with Crippen molar-refractivity contribution in [1.29, 1.82) is 0 Å². The molecule has 0 aliphatic carbocycles. The number of benzene rings is 2. The van der Waals surface area contributed by atoms with Gasteiger partial charge in [-0.1, -0.05) is 18.2 Å². The number of carbonyl (C=O) groups is 3. The van der Waals surface area contributed by atoms with Crippen molar-refractivity contribution in [2.24, 2.45) is 0 Å². The van der Waals surface area contributed by atoms with E-state index < -0.39 is 17.8 Å². The number of hydrogen-bond acceptors (Lipinski definition) is 4. The van der Waals surface area contributed by atoms with Gasteiger partial charge in [-0.05, 0) is 55.7 Å². The number of ether oxygens (including phenoxy) is 1. The van der Waals surface area contributed by atoms with Crippen molar-refractivity contribution in [2.75, 3.05) is 23.4 Å². The second-order valence-electron chi connectivity index (χ2n) is 5.94. The molecule has 0 aromatic heterocycles. The monoisotopic (exact) mass is 352 g/mol. The smallest absolute Gasteiger partial charge is 0.338 e. The molecule has 1 heterocycles. The normalized spacial score (nSPS) is 12.9. The lowest BCUT2D eigenvalue weighted by Crippen LogP contribution is -2.42. The average Bonchev–Trinajstić information content (AvgIpc) is 2.67. The molecule has 1 aliphatic rings. The number of para-hydroxylation sites is 1. The van der Waals surface area contributed by atoms with Gasteiger partial charge < -0.3 is 15.0 Å². The Morgan fingerprint density at radius 2 is 1.81 bits per heavy atom. The number of aryl methyl sites for hydroxylation is 1. The van der Waals surface area contributed by atoms with E-state index in [1.54, 1.807) is 31.2 Å². The maximum atomic E-state index is 12.6. The third-order valence-corrected chi connectivity index (χ3v) is 4.20. The first kappa shape index (κ1) is 17.7. The molecule has 2 aromatic carbocycles. The lowest BCUT2D eigenvalue weighted by atomic mass is 10.0. The number of anilines is 2. The van der Waals surface area contributed by atoms with Crippen molar-refractivity contribution in [3.8, 4) is 0 Å². The van der Waals surface area contributed by atoms with Crippen LogP contribution >= 0.6 is 0 Å². The lowest BCUT2D eigenvalue weighted by Gasteiger charge is -2.28. The Hall–Kier alpha value is -3.15. The van der Waals surface area contributed by atoms with Crippen molar-refractivity contribution in [3.63, 3.8) is 0 Å². The highest BCUT2D eigenvalue weighted by Crippen LogP contribution is 2.26. The second kappa shape index (κ2) is 7.82. The van der Waals surface area contributed by atoms with E-state index in [0.29, 0.717) is 24.4 Å². The number of amides is 2. The van der Waals surface area contributed by atoms with E-state index >= 15 is 0 Å². The van der Waals surface area contributed by atoms with Crippen molar-refractivity contribution in [2.45, 2.75) is 19.8 Å². The molecular formula is C20H20N2O4. The van der Waals surface area contributed by atoms with Crippen molar-refractivity contribution >= 4 is 29.2 Å². The summed E-state index contributed by atoms with van der Waals surface area (Å²) in [5, 5.41) is 2.59. The SMILES string of the molecule is CCOC(=O)c1ccc(NC(=O)C(=O)N2CCCc3ccccc32)cc1. The summed E-state index contributed by atoms with van der Waals surface area (Å²) in [6, 6.07) is 13.9. The summed E-state index contributed by atoms with van der Waals surface area (Å²) in [6.07, 6.45) is 1.72. The molecule has 0 atom stereocenters. The summed E-state index contributed by atoms with van der Waals surface area (Å²) in [4.78, 5) is 38.1. The maximum absolute atomic E-state index is 12.6. The fourth-order valence-electron chi connectivity index (χ4n) is 2.96. The molecule has 1 N–H and O–H groups in total. The van der Waals surface area contributed by atoms with Crippen LogP contribution in [0.25, 0.3) is 0 Å². The van der Waals surface area contributed by atoms with E-state index in [1.165, 1.54) is 4.90 Å². The van der Waals surface area contributed by atoms with E-state index in [4.69, 9.17) is 4.74 Å². The summed E-state index contributed by atoms with van der Waals surface area (Å²) < 4.78 is 4.91. The quantitative estimate of drug-likeness (QED) is 0.681. The maximum Gasteiger partial charge on any atom is 0.338 e. The standard InChI is InChI=1S/C20H20N2O4/c1-2-26-20(25)15-9-11-16(12-10-15)21-18(23)19(24)22-13-5-7-14-6-3-4-8-17(14)22/h3-4,6,8-12H,2,5,7,13H2,1H3,(H,21,23). The van der Waals surface area contributed by atoms with Crippen LogP contribution in [0, 0.1) is 0 Å². The third kappa shape index (κ3) is 3.74. The molecule has 6 heteroatoms. The van der Waals surface area contributed by atoms with Gasteiger partial charge in [0.1, 0.15) is 0 Å². The number of rotatable bonds is 3. The van der Waals surface area contributed by atoms with Crippen LogP contribution in [0.5, 0.6) is 0 Å². The molecule has 3 rings (SSSR count). The Labute approximate surface area is 151 Å². The highest BCUT2D eigenvalue weighted by molar-refractivity contribution is 6.44. The van der Waals surface area contributed by atoms with Crippen molar-refractivity contribution in [1.82, 2.24) is 0 Å². The fourth-order valence-corrected chi connectivity index (χ4v) is 2.96. The zero-order chi connectivity index (χ0) is 18.5. The van der Waals surface area contributed by atoms with Crippen LogP contribution in [-0.2, 0) is 20.7 Å². The lowest BCUT2D eigenvalue weighted by molar-refractivity contribution is -0.134.